The monoisotopic (exact) mass is 190 g/mol. The molecule has 2 nitrogen and oxygen atoms in total. The summed E-state index contributed by atoms with van der Waals surface area (Å²) in [6.45, 7) is 10.1. The molecule has 0 spiro atoms. The Hall–Kier alpha value is -1.44. The average Bonchev–Trinajstić information content (AvgIpc) is 2.15. The number of nitrogens with two attached hydrogens (primary N) is 1. The second-order valence-corrected chi connectivity index (χ2v) is 3.65. The van der Waals surface area contributed by atoms with Gasteiger partial charge in [-0.15, -0.1) is 0 Å². The Kier molecular flexibility index (Phi) is 2.84. The van der Waals surface area contributed by atoms with Gasteiger partial charge >= 0.3 is 0 Å². The van der Waals surface area contributed by atoms with Crippen LogP contribution in [0.1, 0.15) is 22.3 Å². The third-order valence-corrected chi connectivity index (χ3v) is 2.70. The van der Waals surface area contributed by atoms with E-state index >= 15 is 0 Å². The summed E-state index contributed by atoms with van der Waals surface area (Å²) >= 11 is 0. The lowest BCUT2D eigenvalue weighted by Gasteiger charge is -2.16. The van der Waals surface area contributed by atoms with E-state index in [1.807, 2.05) is 14.0 Å². The predicted octanol–water partition coefficient (Wildman–Crippen LogP) is 2.38. The molecule has 1 aromatic rings. The van der Waals surface area contributed by atoms with E-state index in [0.717, 1.165) is 22.5 Å². The second-order valence-electron chi connectivity index (χ2n) is 3.65. The van der Waals surface area contributed by atoms with Crippen molar-refractivity contribution in [2.45, 2.75) is 20.8 Å². The summed E-state index contributed by atoms with van der Waals surface area (Å²) in [6, 6.07) is 2.11. The average molecular weight is 190 g/mol. The molecule has 0 fully saturated rings. The molecule has 0 aromatic heterocycles. The van der Waals surface area contributed by atoms with Gasteiger partial charge in [0.15, 0.2) is 0 Å². The first-order valence-corrected chi connectivity index (χ1v) is 4.72. The van der Waals surface area contributed by atoms with Crippen LogP contribution >= 0.6 is 0 Å². The van der Waals surface area contributed by atoms with Crippen molar-refractivity contribution in [2.24, 2.45) is 0 Å². The van der Waals surface area contributed by atoms with Gasteiger partial charge in [0.05, 0.1) is 0 Å². The van der Waals surface area contributed by atoms with Crippen LogP contribution in [-0.2, 0) is 0 Å². The molecule has 0 saturated carbocycles. The van der Waals surface area contributed by atoms with Crippen LogP contribution in [0.4, 0.5) is 5.69 Å². The zero-order valence-electron chi connectivity index (χ0n) is 9.36. The first kappa shape index (κ1) is 10.6. The van der Waals surface area contributed by atoms with Crippen molar-refractivity contribution in [1.82, 2.24) is 5.32 Å². The van der Waals surface area contributed by atoms with Gasteiger partial charge in [0.2, 0.25) is 0 Å². The molecule has 1 aromatic carbocycles. The molecule has 3 N–H and O–H groups in total. The minimum Gasteiger partial charge on any atom is -0.398 e. The molecule has 1 rings (SSSR count). The standard InChI is InChI=1S/C12H18N2/c1-7-6-8(2)12(13)11(9(7)3)10(4)14-5/h6,14H,4,13H2,1-3,5H3. The van der Waals surface area contributed by atoms with Crippen LogP contribution in [0.25, 0.3) is 5.70 Å². The fourth-order valence-corrected chi connectivity index (χ4v) is 1.62. The third kappa shape index (κ3) is 1.60. The smallest absolute Gasteiger partial charge is 0.0440 e. The normalized spacial score (nSPS) is 10.0. The highest BCUT2D eigenvalue weighted by atomic mass is 14.8. The molecule has 0 unspecified atom stereocenters. The number of benzene rings is 1. The highest BCUT2D eigenvalue weighted by Crippen LogP contribution is 2.28. The van der Waals surface area contributed by atoms with Crippen LogP contribution in [0.2, 0.25) is 0 Å². The molecule has 0 aliphatic heterocycles. The van der Waals surface area contributed by atoms with Crippen LogP contribution in [0.5, 0.6) is 0 Å². The van der Waals surface area contributed by atoms with Gasteiger partial charge in [0.1, 0.15) is 0 Å². The number of hydrogen-bond acceptors (Lipinski definition) is 2. The van der Waals surface area contributed by atoms with Gasteiger partial charge < -0.3 is 11.1 Å². The Labute approximate surface area is 85.8 Å². The fraction of sp³-hybridized carbons (Fsp3) is 0.333. The fourth-order valence-electron chi connectivity index (χ4n) is 1.62. The maximum absolute atomic E-state index is 6.03. The molecule has 76 valence electrons. The molecule has 0 saturated heterocycles. The zero-order chi connectivity index (χ0) is 10.9. The van der Waals surface area contributed by atoms with Crippen LogP contribution in [0, 0.1) is 20.8 Å². The zero-order valence-corrected chi connectivity index (χ0v) is 9.36. The number of aryl methyl sites for hydroxylation is 2. The van der Waals surface area contributed by atoms with Crippen molar-refractivity contribution < 1.29 is 0 Å². The number of rotatable bonds is 2. The molecule has 0 amide bonds. The Bertz CT molecular complexity index is 352. The van der Waals surface area contributed by atoms with E-state index in [4.69, 9.17) is 5.73 Å². The molecule has 0 radical (unpaired) electrons. The van der Waals surface area contributed by atoms with E-state index < -0.39 is 0 Å². The number of hydrogen-bond donors (Lipinski definition) is 2. The van der Waals surface area contributed by atoms with E-state index in [9.17, 15) is 0 Å². The SMILES string of the molecule is C=C(NC)c1c(C)c(C)cc(C)c1N. The Balaban J connectivity index is 3.47. The summed E-state index contributed by atoms with van der Waals surface area (Å²) in [7, 11) is 1.86. The number of nitrogens with one attached hydrogen (secondary N) is 1. The first-order valence-electron chi connectivity index (χ1n) is 4.72. The lowest BCUT2D eigenvalue weighted by molar-refractivity contribution is 1.12. The molecule has 0 heterocycles. The van der Waals surface area contributed by atoms with E-state index in [-0.39, 0.29) is 0 Å². The third-order valence-electron chi connectivity index (χ3n) is 2.70. The molecule has 0 bridgehead atoms. The van der Waals surface area contributed by atoms with Gasteiger partial charge in [-0.3, -0.25) is 0 Å². The molecule has 14 heavy (non-hydrogen) atoms. The molecule has 0 aliphatic carbocycles. The summed E-state index contributed by atoms with van der Waals surface area (Å²) in [5.41, 5.74) is 12.3. The van der Waals surface area contributed by atoms with Crippen LogP contribution in [-0.4, -0.2) is 7.05 Å². The summed E-state index contributed by atoms with van der Waals surface area (Å²) in [5.74, 6) is 0. The van der Waals surface area contributed by atoms with E-state index in [2.05, 4.69) is 31.8 Å². The van der Waals surface area contributed by atoms with Crippen LogP contribution in [0.3, 0.4) is 0 Å². The number of nitrogen functional groups attached to an aromatic ring is 1. The largest absolute Gasteiger partial charge is 0.398 e. The lowest BCUT2D eigenvalue weighted by Crippen LogP contribution is -2.09. The van der Waals surface area contributed by atoms with Crippen molar-refractivity contribution in [1.29, 1.82) is 0 Å². The molecule has 2 heteroatoms. The highest BCUT2D eigenvalue weighted by molar-refractivity contribution is 5.78. The van der Waals surface area contributed by atoms with Crippen molar-refractivity contribution in [3.8, 4) is 0 Å². The van der Waals surface area contributed by atoms with E-state index in [1.165, 1.54) is 11.1 Å². The summed E-state index contributed by atoms with van der Waals surface area (Å²) in [5, 5.41) is 3.04. The second kappa shape index (κ2) is 3.74. The molecule has 0 atom stereocenters. The quantitative estimate of drug-likeness (QED) is 0.703. The number of anilines is 1. The van der Waals surface area contributed by atoms with Crippen molar-refractivity contribution in [3.63, 3.8) is 0 Å². The Morgan fingerprint density at radius 1 is 1.29 bits per heavy atom. The maximum Gasteiger partial charge on any atom is 0.0440 e. The molecular formula is C12H18N2. The van der Waals surface area contributed by atoms with Crippen molar-refractivity contribution in [3.05, 3.63) is 34.9 Å². The Morgan fingerprint density at radius 2 is 1.86 bits per heavy atom. The van der Waals surface area contributed by atoms with Gasteiger partial charge in [-0.1, -0.05) is 12.6 Å². The summed E-state index contributed by atoms with van der Waals surface area (Å²) in [4.78, 5) is 0. The molecular weight excluding hydrogens is 172 g/mol. The van der Waals surface area contributed by atoms with Gasteiger partial charge in [-0.25, -0.2) is 0 Å². The predicted molar refractivity (Wildman–Crippen MR) is 63.2 cm³/mol. The van der Waals surface area contributed by atoms with Crippen molar-refractivity contribution in [2.75, 3.05) is 12.8 Å². The van der Waals surface area contributed by atoms with Gasteiger partial charge in [-0.05, 0) is 37.5 Å². The lowest BCUT2D eigenvalue weighted by atomic mass is 9.96. The minimum atomic E-state index is 0.826. The van der Waals surface area contributed by atoms with Gasteiger partial charge in [-0.2, -0.15) is 0 Å². The summed E-state index contributed by atoms with van der Waals surface area (Å²) in [6.07, 6.45) is 0. The maximum atomic E-state index is 6.03. The van der Waals surface area contributed by atoms with E-state index in [1.54, 1.807) is 0 Å². The van der Waals surface area contributed by atoms with Gasteiger partial charge in [0, 0.05) is 24.0 Å². The molecule has 0 aliphatic rings. The van der Waals surface area contributed by atoms with Crippen molar-refractivity contribution >= 4 is 11.4 Å². The minimum absolute atomic E-state index is 0.826. The summed E-state index contributed by atoms with van der Waals surface area (Å²) < 4.78 is 0. The topological polar surface area (TPSA) is 38.0 Å². The van der Waals surface area contributed by atoms with Crippen LogP contribution < -0.4 is 11.1 Å². The van der Waals surface area contributed by atoms with Gasteiger partial charge in [0.25, 0.3) is 0 Å². The Morgan fingerprint density at radius 3 is 2.36 bits per heavy atom. The van der Waals surface area contributed by atoms with Crippen LogP contribution in [0.15, 0.2) is 12.6 Å². The van der Waals surface area contributed by atoms with E-state index in [0.29, 0.717) is 0 Å². The first-order chi connectivity index (χ1) is 6.49. The highest BCUT2D eigenvalue weighted by Gasteiger charge is 2.10.